The summed E-state index contributed by atoms with van der Waals surface area (Å²) in [6.07, 6.45) is 10.1. The summed E-state index contributed by atoms with van der Waals surface area (Å²) in [7, 11) is 0. The molecular weight excluding hydrogens is 386 g/mol. The summed E-state index contributed by atoms with van der Waals surface area (Å²) in [5, 5.41) is 13.8. The Balaban J connectivity index is 1.24. The van der Waals surface area contributed by atoms with Gasteiger partial charge in [0.2, 0.25) is 0 Å². The Hall–Kier alpha value is -2.46. The van der Waals surface area contributed by atoms with Gasteiger partial charge >= 0.3 is 0 Å². The van der Waals surface area contributed by atoms with Crippen LogP contribution in [0.1, 0.15) is 44.1 Å². The van der Waals surface area contributed by atoms with Gasteiger partial charge in [-0.3, -0.25) is 5.43 Å². The van der Waals surface area contributed by atoms with Crippen LogP contribution in [0.25, 0.3) is 21.5 Å². The van der Waals surface area contributed by atoms with Gasteiger partial charge in [-0.15, -0.1) is 0 Å². The van der Waals surface area contributed by atoms with Gasteiger partial charge in [-0.05, 0) is 96.1 Å². The van der Waals surface area contributed by atoms with Crippen LogP contribution in [0.2, 0.25) is 0 Å². The lowest BCUT2D eigenvalue weighted by Crippen LogP contribution is -2.61. The minimum Gasteiger partial charge on any atom is -0.356 e. The predicted octanol–water partition coefficient (Wildman–Crippen LogP) is 5.76. The minimum absolute atomic E-state index is 0.209. The highest BCUT2D eigenvalue weighted by atomic mass is 32.1. The van der Waals surface area contributed by atoms with Crippen molar-refractivity contribution in [3.8, 4) is 0 Å². The van der Waals surface area contributed by atoms with E-state index in [1.54, 1.807) is 0 Å². The number of benzene rings is 3. The lowest BCUT2D eigenvalue weighted by molar-refractivity contribution is -0.0101. The largest absolute Gasteiger partial charge is 0.356 e. The second-order valence-electron chi connectivity index (χ2n) is 9.75. The number of nitrogens with zero attached hydrogens (tertiary/aromatic N) is 1. The Morgan fingerprint density at radius 1 is 0.867 bits per heavy atom. The summed E-state index contributed by atoms with van der Waals surface area (Å²) in [4.78, 5) is 0. The number of thiocarbonyl (C=S) groups is 1. The van der Waals surface area contributed by atoms with Gasteiger partial charge in [0.05, 0.1) is 6.21 Å². The maximum absolute atomic E-state index is 5.66. The fraction of sp³-hybridized carbons (Fsp3) is 0.385. The third kappa shape index (κ3) is 3.18. The Kier molecular flexibility index (Phi) is 4.31. The molecule has 4 saturated carbocycles. The molecule has 0 heterocycles. The molecule has 0 aromatic heterocycles. The van der Waals surface area contributed by atoms with Gasteiger partial charge in [0.15, 0.2) is 5.11 Å². The van der Waals surface area contributed by atoms with Gasteiger partial charge in [0, 0.05) is 11.1 Å². The van der Waals surface area contributed by atoms with Crippen LogP contribution in [0.15, 0.2) is 59.7 Å². The van der Waals surface area contributed by atoms with Crippen molar-refractivity contribution >= 4 is 45.1 Å². The summed E-state index contributed by atoms with van der Waals surface area (Å²) >= 11 is 5.66. The van der Waals surface area contributed by atoms with Gasteiger partial charge in [-0.1, -0.05) is 48.5 Å². The maximum Gasteiger partial charge on any atom is 0.187 e. The molecule has 0 saturated heterocycles. The summed E-state index contributed by atoms with van der Waals surface area (Å²) < 4.78 is 0. The molecular formula is C26H27N3S. The standard InChI is InChI=1S/C26H27N3S/c30-25(28-26-13-17-9-18(14-26)11-19(10-17)15-26)29-27-16-24-22-7-3-1-5-20(22)12-21-6-2-4-8-23(21)24/h1-8,12,16-19H,9-11,13-15H2,(H2,28,29,30)/b27-16+. The molecule has 30 heavy (non-hydrogen) atoms. The number of hydrogen-bond acceptors (Lipinski definition) is 2. The Morgan fingerprint density at radius 2 is 1.40 bits per heavy atom. The van der Waals surface area contributed by atoms with Crippen LogP contribution in [-0.4, -0.2) is 16.9 Å². The van der Waals surface area contributed by atoms with E-state index in [0.29, 0.717) is 5.11 Å². The molecule has 0 spiro atoms. The quantitative estimate of drug-likeness (QED) is 0.248. The van der Waals surface area contributed by atoms with Crippen molar-refractivity contribution in [1.82, 2.24) is 10.7 Å². The molecule has 4 heteroatoms. The number of fused-ring (bicyclic) bond motifs is 2. The van der Waals surface area contributed by atoms with Crippen molar-refractivity contribution in [3.05, 3.63) is 60.2 Å². The molecule has 0 radical (unpaired) electrons. The van der Waals surface area contributed by atoms with Crippen molar-refractivity contribution in [3.63, 3.8) is 0 Å². The molecule has 7 rings (SSSR count). The molecule has 4 aliphatic rings. The molecule has 3 aromatic carbocycles. The van der Waals surface area contributed by atoms with E-state index in [1.165, 1.54) is 60.1 Å². The normalized spacial score (nSPS) is 29.7. The first-order valence-corrected chi connectivity index (χ1v) is 11.6. The first kappa shape index (κ1) is 18.3. The van der Waals surface area contributed by atoms with E-state index < -0.39 is 0 Å². The van der Waals surface area contributed by atoms with Gasteiger partial charge in [-0.25, -0.2) is 0 Å². The van der Waals surface area contributed by atoms with E-state index in [4.69, 9.17) is 12.2 Å². The van der Waals surface area contributed by atoms with Crippen molar-refractivity contribution in [2.24, 2.45) is 22.9 Å². The second kappa shape index (κ2) is 7.05. The monoisotopic (exact) mass is 413 g/mol. The van der Waals surface area contributed by atoms with Crippen molar-refractivity contribution < 1.29 is 0 Å². The molecule has 4 bridgehead atoms. The van der Waals surface area contributed by atoms with E-state index in [-0.39, 0.29) is 5.54 Å². The van der Waals surface area contributed by atoms with Crippen LogP contribution in [0.5, 0.6) is 0 Å². The lowest BCUT2D eigenvalue weighted by Gasteiger charge is -2.57. The predicted molar refractivity (Wildman–Crippen MR) is 129 cm³/mol. The van der Waals surface area contributed by atoms with Gasteiger partial charge in [-0.2, -0.15) is 5.10 Å². The molecule has 0 atom stereocenters. The van der Waals surface area contributed by atoms with Gasteiger partial charge in [0.1, 0.15) is 0 Å². The topological polar surface area (TPSA) is 36.4 Å². The van der Waals surface area contributed by atoms with E-state index >= 15 is 0 Å². The van der Waals surface area contributed by atoms with E-state index in [1.807, 2.05) is 6.21 Å². The second-order valence-corrected chi connectivity index (χ2v) is 10.2. The number of hydrogen-bond donors (Lipinski definition) is 2. The maximum atomic E-state index is 5.66. The highest BCUT2D eigenvalue weighted by Gasteiger charge is 2.51. The summed E-state index contributed by atoms with van der Waals surface area (Å²) in [5.74, 6) is 2.70. The van der Waals surface area contributed by atoms with Crippen LogP contribution in [0, 0.1) is 17.8 Å². The first-order valence-electron chi connectivity index (χ1n) is 11.2. The summed E-state index contributed by atoms with van der Waals surface area (Å²) in [6, 6.07) is 19.2. The number of hydrazone groups is 1. The third-order valence-electron chi connectivity index (χ3n) is 7.59. The molecule has 3 nitrogen and oxygen atoms in total. The zero-order valence-electron chi connectivity index (χ0n) is 17.1. The first-order chi connectivity index (χ1) is 14.7. The van der Waals surface area contributed by atoms with Crippen LogP contribution in [-0.2, 0) is 0 Å². The zero-order valence-corrected chi connectivity index (χ0v) is 17.9. The lowest BCUT2D eigenvalue weighted by atomic mass is 9.53. The highest BCUT2D eigenvalue weighted by Crippen LogP contribution is 2.55. The summed E-state index contributed by atoms with van der Waals surface area (Å²) in [6.45, 7) is 0. The highest BCUT2D eigenvalue weighted by molar-refractivity contribution is 7.80. The fourth-order valence-corrected chi connectivity index (χ4v) is 7.15. The van der Waals surface area contributed by atoms with Crippen LogP contribution < -0.4 is 10.7 Å². The van der Waals surface area contributed by atoms with E-state index in [9.17, 15) is 0 Å². The van der Waals surface area contributed by atoms with Crippen molar-refractivity contribution in [2.75, 3.05) is 0 Å². The molecule has 0 unspecified atom stereocenters. The Bertz CT molecular complexity index is 1080. The van der Waals surface area contributed by atoms with Crippen LogP contribution >= 0.6 is 12.2 Å². The SMILES string of the molecule is S=C(N/N=C/c1c2ccccc2cc2ccccc12)NC12CC3CC(CC(C3)C1)C2. The number of nitrogens with one attached hydrogen (secondary N) is 2. The minimum atomic E-state index is 0.209. The molecule has 3 aromatic rings. The zero-order chi connectivity index (χ0) is 20.1. The Labute approximate surface area is 182 Å². The molecule has 4 aliphatic carbocycles. The van der Waals surface area contributed by atoms with E-state index in [2.05, 4.69) is 70.4 Å². The van der Waals surface area contributed by atoms with Gasteiger partial charge in [0.25, 0.3) is 0 Å². The molecule has 0 aliphatic heterocycles. The third-order valence-corrected chi connectivity index (χ3v) is 7.78. The molecule has 2 N–H and O–H groups in total. The molecule has 152 valence electrons. The van der Waals surface area contributed by atoms with Crippen molar-refractivity contribution in [2.45, 2.75) is 44.1 Å². The van der Waals surface area contributed by atoms with Crippen molar-refractivity contribution in [1.29, 1.82) is 0 Å². The van der Waals surface area contributed by atoms with Gasteiger partial charge < -0.3 is 5.32 Å². The molecule has 4 fully saturated rings. The Morgan fingerprint density at radius 3 is 1.97 bits per heavy atom. The summed E-state index contributed by atoms with van der Waals surface area (Å²) in [5.41, 5.74) is 4.47. The van der Waals surface area contributed by atoms with Crippen LogP contribution in [0.4, 0.5) is 0 Å². The average molecular weight is 414 g/mol. The number of rotatable bonds is 3. The fourth-order valence-electron chi connectivity index (χ4n) is 6.88. The van der Waals surface area contributed by atoms with E-state index in [0.717, 1.165) is 23.3 Å². The van der Waals surface area contributed by atoms with Crippen LogP contribution in [0.3, 0.4) is 0 Å². The molecule has 0 amide bonds. The smallest absolute Gasteiger partial charge is 0.187 e. The average Bonchev–Trinajstić information content (AvgIpc) is 2.72.